The third kappa shape index (κ3) is 5.36. The molecule has 1 unspecified atom stereocenters. The van der Waals surface area contributed by atoms with Crippen molar-refractivity contribution in [3.8, 4) is 0 Å². The predicted molar refractivity (Wildman–Crippen MR) is 83.0 cm³/mol. The zero-order valence-corrected chi connectivity index (χ0v) is 14.3. The topological polar surface area (TPSA) is 110 Å². The molecule has 0 bridgehead atoms. The van der Waals surface area contributed by atoms with Gasteiger partial charge < -0.3 is 14.6 Å². The lowest BCUT2D eigenvalue weighted by molar-refractivity contribution is -0.151. The number of amides is 2. The summed E-state index contributed by atoms with van der Waals surface area (Å²) in [6.45, 7) is 6.70. The number of carboxylic acid groups (broad SMARTS) is 1. The first-order chi connectivity index (χ1) is 11.1. The van der Waals surface area contributed by atoms with Crippen molar-refractivity contribution in [3.05, 3.63) is 12.2 Å². The monoisotopic (exact) mass is 341 g/mol. The first-order valence-corrected chi connectivity index (χ1v) is 7.69. The Morgan fingerprint density at radius 3 is 2.46 bits per heavy atom. The van der Waals surface area contributed by atoms with Gasteiger partial charge >= 0.3 is 18.0 Å². The van der Waals surface area contributed by atoms with Gasteiger partial charge in [-0.05, 0) is 40.5 Å². The van der Waals surface area contributed by atoms with Crippen LogP contribution in [0.1, 0.15) is 40.5 Å². The number of hydrogen-bond acceptors (Lipinski definition) is 6. The van der Waals surface area contributed by atoms with E-state index in [9.17, 15) is 19.2 Å². The van der Waals surface area contributed by atoms with Crippen LogP contribution in [0.25, 0.3) is 0 Å². The Morgan fingerprint density at radius 2 is 1.96 bits per heavy atom. The van der Waals surface area contributed by atoms with Crippen LogP contribution in [0.4, 0.5) is 4.79 Å². The zero-order valence-electron chi connectivity index (χ0n) is 14.3. The largest absolute Gasteiger partial charge is 0.478 e. The Morgan fingerprint density at radius 1 is 1.33 bits per heavy atom. The third-order valence-electron chi connectivity index (χ3n) is 3.24. The molecule has 0 aliphatic carbocycles. The number of ether oxygens (including phenoxy) is 2. The van der Waals surface area contributed by atoms with E-state index in [2.05, 4.69) is 0 Å². The van der Waals surface area contributed by atoms with E-state index in [1.54, 1.807) is 27.7 Å². The van der Waals surface area contributed by atoms with E-state index in [1.807, 2.05) is 0 Å². The summed E-state index contributed by atoms with van der Waals surface area (Å²) in [5, 5.41) is 8.60. The Labute approximate surface area is 140 Å². The minimum absolute atomic E-state index is 0.0703. The summed E-state index contributed by atoms with van der Waals surface area (Å²) in [5.74, 6) is -3.06. The molecule has 8 heteroatoms. The lowest BCUT2D eigenvalue weighted by Gasteiger charge is -2.26. The van der Waals surface area contributed by atoms with Gasteiger partial charge in [0.25, 0.3) is 0 Å². The van der Waals surface area contributed by atoms with Crippen LogP contribution in [0.5, 0.6) is 0 Å². The van der Waals surface area contributed by atoms with E-state index in [4.69, 9.17) is 14.6 Å². The van der Waals surface area contributed by atoms with E-state index in [0.717, 1.165) is 11.0 Å². The molecule has 2 amide bonds. The van der Waals surface area contributed by atoms with Gasteiger partial charge in [0.1, 0.15) is 11.6 Å². The smallest absolute Gasteiger partial charge is 0.417 e. The average Bonchev–Trinajstić information content (AvgIpc) is 2.74. The molecule has 1 rings (SSSR count). The molecule has 0 aromatic heterocycles. The van der Waals surface area contributed by atoms with Gasteiger partial charge in [0.05, 0.1) is 6.61 Å². The number of likely N-dealkylation sites (tertiary alicyclic amines) is 1. The number of aliphatic carboxylic acids is 1. The van der Waals surface area contributed by atoms with Gasteiger partial charge in [0, 0.05) is 12.0 Å². The standard InChI is InChI=1S/C16H23NO7/c1-5-23-14(21)11-9-10(7-6-8-12(18)19)13(20)17(11)15(22)24-16(2,3)4/h6,8,10-11H,5,7,9H2,1-4H3,(H,18,19)/t10-,11?/m1/s1. The molecule has 0 radical (unpaired) electrons. The highest BCUT2D eigenvalue weighted by molar-refractivity contribution is 6.00. The van der Waals surface area contributed by atoms with Crippen molar-refractivity contribution in [2.24, 2.45) is 5.92 Å². The highest BCUT2D eigenvalue weighted by atomic mass is 16.6. The quantitative estimate of drug-likeness (QED) is 0.599. The molecule has 0 saturated carbocycles. The van der Waals surface area contributed by atoms with E-state index >= 15 is 0 Å². The molecule has 8 nitrogen and oxygen atoms in total. The first kappa shape index (κ1) is 19.7. The molecule has 1 fully saturated rings. The summed E-state index contributed by atoms with van der Waals surface area (Å²) in [6.07, 6.45) is 1.52. The highest BCUT2D eigenvalue weighted by Gasteiger charge is 2.48. The number of hydrogen-bond donors (Lipinski definition) is 1. The van der Waals surface area contributed by atoms with Crippen LogP contribution in [0, 0.1) is 5.92 Å². The maximum atomic E-state index is 12.5. The maximum Gasteiger partial charge on any atom is 0.417 e. The second-order valence-electron chi connectivity index (χ2n) is 6.37. The number of carbonyl (C=O) groups is 4. The molecule has 24 heavy (non-hydrogen) atoms. The Balaban J connectivity index is 2.97. The predicted octanol–water partition coefficient (Wildman–Crippen LogP) is 1.73. The average molecular weight is 341 g/mol. The van der Waals surface area contributed by atoms with Crippen molar-refractivity contribution < 1.29 is 33.8 Å². The summed E-state index contributed by atoms with van der Waals surface area (Å²) in [4.78, 5) is 48.1. The molecule has 2 atom stereocenters. The molecule has 1 heterocycles. The van der Waals surface area contributed by atoms with Gasteiger partial charge in [-0.3, -0.25) is 4.79 Å². The number of nitrogens with zero attached hydrogens (tertiary/aromatic N) is 1. The number of carbonyl (C=O) groups excluding carboxylic acids is 3. The minimum atomic E-state index is -1.13. The van der Waals surface area contributed by atoms with Gasteiger partial charge in [-0.25, -0.2) is 19.3 Å². The van der Waals surface area contributed by atoms with Crippen LogP contribution < -0.4 is 0 Å². The molecule has 0 aromatic carbocycles. The Hall–Kier alpha value is -2.38. The van der Waals surface area contributed by atoms with E-state index < -0.39 is 41.5 Å². The maximum absolute atomic E-state index is 12.5. The molecule has 134 valence electrons. The van der Waals surface area contributed by atoms with Gasteiger partial charge in [0.15, 0.2) is 0 Å². The van der Waals surface area contributed by atoms with E-state index in [-0.39, 0.29) is 19.4 Å². The van der Waals surface area contributed by atoms with Crippen LogP contribution in [0.2, 0.25) is 0 Å². The van der Waals surface area contributed by atoms with Crippen LogP contribution in [0.3, 0.4) is 0 Å². The van der Waals surface area contributed by atoms with Gasteiger partial charge in [-0.1, -0.05) is 6.08 Å². The van der Waals surface area contributed by atoms with Crippen LogP contribution in [0.15, 0.2) is 12.2 Å². The van der Waals surface area contributed by atoms with E-state index in [0.29, 0.717) is 0 Å². The lowest BCUT2D eigenvalue weighted by atomic mass is 10.0. The fourth-order valence-corrected chi connectivity index (χ4v) is 2.32. The van der Waals surface area contributed by atoms with E-state index in [1.165, 1.54) is 6.08 Å². The van der Waals surface area contributed by atoms with Gasteiger partial charge in [-0.15, -0.1) is 0 Å². The van der Waals surface area contributed by atoms with Crippen molar-refractivity contribution in [2.75, 3.05) is 6.61 Å². The number of imide groups is 1. The highest BCUT2D eigenvalue weighted by Crippen LogP contribution is 2.30. The van der Waals surface area contributed by atoms with Crippen LogP contribution >= 0.6 is 0 Å². The third-order valence-corrected chi connectivity index (χ3v) is 3.24. The fraction of sp³-hybridized carbons (Fsp3) is 0.625. The van der Waals surface area contributed by atoms with Crippen molar-refractivity contribution >= 4 is 23.9 Å². The zero-order chi connectivity index (χ0) is 18.5. The molecule has 0 spiro atoms. The Kier molecular flexibility index (Phi) is 6.51. The lowest BCUT2D eigenvalue weighted by Crippen LogP contribution is -2.46. The van der Waals surface area contributed by atoms with Crippen LogP contribution in [-0.2, 0) is 23.9 Å². The van der Waals surface area contributed by atoms with Gasteiger partial charge in [0.2, 0.25) is 5.91 Å². The van der Waals surface area contributed by atoms with Crippen molar-refractivity contribution in [3.63, 3.8) is 0 Å². The van der Waals surface area contributed by atoms with Crippen molar-refractivity contribution in [2.45, 2.75) is 52.2 Å². The Bertz CT molecular complexity index is 547. The summed E-state index contributed by atoms with van der Waals surface area (Å²) in [7, 11) is 0. The van der Waals surface area contributed by atoms with Crippen molar-refractivity contribution in [1.29, 1.82) is 0 Å². The number of carboxylic acids is 1. The molecular weight excluding hydrogens is 318 g/mol. The SMILES string of the molecule is CCOC(=O)C1C[C@@H](CC=CC(=O)O)C(=O)N1C(=O)OC(C)(C)C. The number of rotatable bonds is 5. The number of esters is 1. The normalized spacial score (nSPS) is 21.2. The summed E-state index contributed by atoms with van der Waals surface area (Å²) >= 11 is 0. The summed E-state index contributed by atoms with van der Waals surface area (Å²) < 4.78 is 10.1. The molecule has 1 aliphatic heterocycles. The van der Waals surface area contributed by atoms with Crippen molar-refractivity contribution in [1.82, 2.24) is 4.90 Å². The molecule has 1 N–H and O–H groups in total. The minimum Gasteiger partial charge on any atom is -0.478 e. The first-order valence-electron chi connectivity index (χ1n) is 7.69. The molecule has 0 aromatic rings. The second-order valence-corrected chi connectivity index (χ2v) is 6.37. The molecule has 1 aliphatic rings. The second kappa shape index (κ2) is 7.94. The molecular formula is C16H23NO7. The van der Waals surface area contributed by atoms with Gasteiger partial charge in [-0.2, -0.15) is 0 Å². The number of allylic oxidation sites excluding steroid dienone is 1. The summed E-state index contributed by atoms with van der Waals surface area (Å²) in [5.41, 5.74) is -0.822. The molecule has 1 saturated heterocycles. The van der Waals surface area contributed by atoms with Crippen LogP contribution in [-0.4, -0.2) is 52.2 Å². The fourth-order valence-electron chi connectivity index (χ4n) is 2.32. The summed E-state index contributed by atoms with van der Waals surface area (Å²) in [6, 6.07) is -1.06.